The zero-order valence-electron chi connectivity index (χ0n) is 12.0. The molecule has 2 heterocycles. The van der Waals surface area contributed by atoms with E-state index < -0.39 is 0 Å². The molecule has 0 spiro atoms. The molecule has 5 nitrogen and oxygen atoms in total. The van der Waals surface area contributed by atoms with Crippen molar-refractivity contribution >= 4 is 22.6 Å². The van der Waals surface area contributed by atoms with E-state index in [0.717, 1.165) is 28.6 Å². The number of aryl methyl sites for hydroxylation is 2. The second-order valence-corrected chi connectivity index (χ2v) is 4.91. The standard InChI is InChI=1S/C16H16N4O/c1-3-11-9-17-20-15(11)19-16(21)13-8-10(2)18-14-7-5-4-6-12(13)14/h4-9H,3H2,1-2H3,(H2,17,19,20,21). The number of rotatable bonds is 3. The average molecular weight is 280 g/mol. The van der Waals surface area contributed by atoms with Crippen LogP contribution in [0.4, 0.5) is 5.82 Å². The number of anilines is 1. The van der Waals surface area contributed by atoms with Crippen molar-refractivity contribution in [3.63, 3.8) is 0 Å². The maximum atomic E-state index is 12.6. The molecule has 3 rings (SSSR count). The molecule has 1 aromatic carbocycles. The van der Waals surface area contributed by atoms with Crippen molar-refractivity contribution in [1.82, 2.24) is 15.2 Å². The van der Waals surface area contributed by atoms with Crippen molar-refractivity contribution in [3.8, 4) is 0 Å². The van der Waals surface area contributed by atoms with Crippen LogP contribution in [0.1, 0.15) is 28.5 Å². The lowest BCUT2D eigenvalue weighted by molar-refractivity contribution is 0.102. The number of aromatic amines is 1. The molecule has 0 aliphatic rings. The summed E-state index contributed by atoms with van der Waals surface area (Å²) in [5.74, 6) is 0.497. The van der Waals surface area contributed by atoms with E-state index in [9.17, 15) is 4.79 Å². The maximum absolute atomic E-state index is 12.6. The molecule has 0 aliphatic carbocycles. The highest BCUT2D eigenvalue weighted by Crippen LogP contribution is 2.20. The quantitative estimate of drug-likeness (QED) is 0.774. The van der Waals surface area contributed by atoms with Gasteiger partial charge in [0.1, 0.15) is 5.82 Å². The molecule has 3 aromatic rings. The molecule has 0 unspecified atom stereocenters. The monoisotopic (exact) mass is 280 g/mol. The van der Waals surface area contributed by atoms with E-state index in [4.69, 9.17) is 0 Å². The zero-order valence-corrected chi connectivity index (χ0v) is 12.0. The second-order valence-electron chi connectivity index (χ2n) is 4.91. The van der Waals surface area contributed by atoms with E-state index in [1.807, 2.05) is 38.1 Å². The summed E-state index contributed by atoms with van der Waals surface area (Å²) < 4.78 is 0. The SMILES string of the molecule is CCc1cn[nH]c1NC(=O)c1cc(C)nc2ccccc12. The summed E-state index contributed by atoms with van der Waals surface area (Å²) in [6.45, 7) is 3.91. The minimum atomic E-state index is -0.157. The molecule has 2 N–H and O–H groups in total. The molecule has 0 radical (unpaired) electrons. The van der Waals surface area contributed by atoms with Crippen LogP contribution >= 0.6 is 0 Å². The van der Waals surface area contributed by atoms with Gasteiger partial charge in [-0.05, 0) is 25.5 Å². The largest absolute Gasteiger partial charge is 0.307 e. The molecule has 0 aliphatic heterocycles. The molecule has 2 aromatic heterocycles. The summed E-state index contributed by atoms with van der Waals surface area (Å²) in [5, 5.41) is 10.5. The first-order valence-corrected chi connectivity index (χ1v) is 6.89. The van der Waals surface area contributed by atoms with Gasteiger partial charge < -0.3 is 5.32 Å². The Morgan fingerprint density at radius 2 is 2.14 bits per heavy atom. The number of nitrogens with one attached hydrogen (secondary N) is 2. The number of H-pyrrole nitrogens is 1. The normalized spacial score (nSPS) is 10.8. The van der Waals surface area contributed by atoms with Crippen molar-refractivity contribution in [2.75, 3.05) is 5.32 Å². The number of carbonyl (C=O) groups excluding carboxylic acids is 1. The van der Waals surface area contributed by atoms with Crippen LogP contribution in [0.25, 0.3) is 10.9 Å². The van der Waals surface area contributed by atoms with Gasteiger partial charge in [-0.2, -0.15) is 5.10 Å². The van der Waals surface area contributed by atoms with Gasteiger partial charge in [0.25, 0.3) is 5.91 Å². The number of hydrogen-bond donors (Lipinski definition) is 2. The van der Waals surface area contributed by atoms with Gasteiger partial charge in [0.2, 0.25) is 0 Å². The Morgan fingerprint density at radius 3 is 2.95 bits per heavy atom. The number of hydrogen-bond acceptors (Lipinski definition) is 3. The predicted octanol–water partition coefficient (Wildman–Crippen LogP) is 3.08. The van der Waals surface area contributed by atoms with Crippen molar-refractivity contribution in [1.29, 1.82) is 0 Å². The molecule has 21 heavy (non-hydrogen) atoms. The first-order chi connectivity index (χ1) is 10.2. The third-order valence-corrected chi connectivity index (χ3v) is 3.43. The third-order valence-electron chi connectivity index (χ3n) is 3.43. The fraction of sp³-hybridized carbons (Fsp3) is 0.188. The van der Waals surface area contributed by atoms with Crippen LogP contribution in [-0.4, -0.2) is 21.1 Å². The van der Waals surface area contributed by atoms with E-state index >= 15 is 0 Å². The lowest BCUT2D eigenvalue weighted by Gasteiger charge is -2.08. The van der Waals surface area contributed by atoms with E-state index in [0.29, 0.717) is 11.4 Å². The van der Waals surface area contributed by atoms with Gasteiger partial charge in [0.05, 0.1) is 17.3 Å². The van der Waals surface area contributed by atoms with E-state index in [2.05, 4.69) is 20.5 Å². The molecule has 1 amide bonds. The lowest BCUT2D eigenvalue weighted by Crippen LogP contribution is -2.14. The van der Waals surface area contributed by atoms with Crippen LogP contribution < -0.4 is 5.32 Å². The van der Waals surface area contributed by atoms with Gasteiger partial charge in [-0.15, -0.1) is 0 Å². The Labute approximate surface area is 122 Å². The zero-order chi connectivity index (χ0) is 14.8. The molecule has 0 saturated carbocycles. The Morgan fingerprint density at radius 1 is 1.33 bits per heavy atom. The summed E-state index contributed by atoms with van der Waals surface area (Å²) in [7, 11) is 0. The Balaban J connectivity index is 2.02. The Bertz CT molecular complexity index is 807. The number of amides is 1. The van der Waals surface area contributed by atoms with Gasteiger partial charge in [0, 0.05) is 16.6 Å². The molecule has 0 atom stereocenters. The lowest BCUT2D eigenvalue weighted by atomic mass is 10.1. The second kappa shape index (κ2) is 5.36. The Hall–Kier alpha value is -2.69. The number of aromatic nitrogens is 3. The molecule has 5 heteroatoms. The summed E-state index contributed by atoms with van der Waals surface area (Å²) in [4.78, 5) is 17.0. The van der Waals surface area contributed by atoms with E-state index in [1.165, 1.54) is 0 Å². The fourth-order valence-electron chi connectivity index (χ4n) is 2.36. The molecular formula is C16H16N4O. The molecule has 0 saturated heterocycles. The maximum Gasteiger partial charge on any atom is 0.257 e. The van der Waals surface area contributed by atoms with Gasteiger partial charge >= 0.3 is 0 Å². The smallest absolute Gasteiger partial charge is 0.257 e. The number of fused-ring (bicyclic) bond motifs is 1. The van der Waals surface area contributed by atoms with Crippen molar-refractivity contribution in [2.24, 2.45) is 0 Å². The summed E-state index contributed by atoms with van der Waals surface area (Å²) in [6.07, 6.45) is 2.54. The van der Waals surface area contributed by atoms with Crippen molar-refractivity contribution < 1.29 is 4.79 Å². The van der Waals surface area contributed by atoms with Crippen molar-refractivity contribution in [3.05, 3.63) is 53.3 Å². The number of carbonyl (C=O) groups is 1. The summed E-state index contributed by atoms with van der Waals surface area (Å²) in [5.41, 5.74) is 3.25. The number of pyridine rings is 1. The highest BCUT2D eigenvalue weighted by Gasteiger charge is 2.14. The topological polar surface area (TPSA) is 70.7 Å². The average Bonchev–Trinajstić information content (AvgIpc) is 2.93. The number of para-hydroxylation sites is 1. The van der Waals surface area contributed by atoms with Crippen molar-refractivity contribution in [2.45, 2.75) is 20.3 Å². The highest BCUT2D eigenvalue weighted by molar-refractivity contribution is 6.12. The minimum Gasteiger partial charge on any atom is -0.307 e. The van der Waals surface area contributed by atoms with Crippen LogP contribution in [0.5, 0.6) is 0 Å². The van der Waals surface area contributed by atoms with Crippen LogP contribution in [0.3, 0.4) is 0 Å². The van der Waals surface area contributed by atoms with Gasteiger partial charge in [0.15, 0.2) is 0 Å². The third kappa shape index (κ3) is 2.50. The van der Waals surface area contributed by atoms with Gasteiger partial charge in [-0.1, -0.05) is 25.1 Å². The first-order valence-electron chi connectivity index (χ1n) is 6.89. The predicted molar refractivity (Wildman–Crippen MR) is 82.4 cm³/mol. The molecular weight excluding hydrogens is 264 g/mol. The van der Waals surface area contributed by atoms with Crippen LogP contribution in [0, 0.1) is 6.92 Å². The number of nitrogens with zero attached hydrogens (tertiary/aromatic N) is 2. The van der Waals surface area contributed by atoms with Crippen LogP contribution in [0.2, 0.25) is 0 Å². The van der Waals surface area contributed by atoms with E-state index in [-0.39, 0.29) is 5.91 Å². The number of benzene rings is 1. The summed E-state index contributed by atoms with van der Waals surface area (Å²) in [6, 6.07) is 9.45. The van der Waals surface area contributed by atoms with E-state index in [1.54, 1.807) is 12.3 Å². The Kier molecular flexibility index (Phi) is 3.39. The molecule has 0 bridgehead atoms. The van der Waals surface area contributed by atoms with Crippen LogP contribution in [-0.2, 0) is 6.42 Å². The highest BCUT2D eigenvalue weighted by atomic mass is 16.1. The molecule has 0 fully saturated rings. The first kappa shape index (κ1) is 13.3. The van der Waals surface area contributed by atoms with Gasteiger partial charge in [-0.3, -0.25) is 14.9 Å². The minimum absolute atomic E-state index is 0.157. The van der Waals surface area contributed by atoms with Crippen LogP contribution in [0.15, 0.2) is 36.5 Å². The fourth-order valence-corrected chi connectivity index (χ4v) is 2.36. The molecule has 106 valence electrons. The summed E-state index contributed by atoms with van der Waals surface area (Å²) >= 11 is 0. The van der Waals surface area contributed by atoms with Gasteiger partial charge in [-0.25, -0.2) is 0 Å².